The highest BCUT2D eigenvalue weighted by Gasteiger charge is 2.30. The summed E-state index contributed by atoms with van der Waals surface area (Å²) in [5.74, 6) is 0.773. The molecular weight excluding hydrogens is 334 g/mol. The summed E-state index contributed by atoms with van der Waals surface area (Å²) >= 11 is 0. The average Bonchev–Trinajstić information content (AvgIpc) is 3.13. The van der Waals surface area contributed by atoms with E-state index in [4.69, 9.17) is 4.74 Å². The molecule has 0 spiro atoms. The van der Waals surface area contributed by atoms with E-state index in [9.17, 15) is 14.9 Å². The van der Waals surface area contributed by atoms with Gasteiger partial charge in [0, 0.05) is 12.6 Å². The number of ether oxygens (including phenoxy) is 1. The number of rotatable bonds is 4. The fraction of sp³-hybridized carbons (Fsp3) is 0.316. The number of nitrogens with one attached hydrogen (secondary N) is 1. The Bertz CT molecular complexity index is 820. The van der Waals surface area contributed by atoms with Crippen LogP contribution in [0.5, 0.6) is 5.75 Å². The molecule has 2 amide bonds. The van der Waals surface area contributed by atoms with Crippen LogP contribution >= 0.6 is 0 Å². The van der Waals surface area contributed by atoms with Gasteiger partial charge in [-0.25, -0.2) is 4.79 Å². The maximum absolute atomic E-state index is 12.8. The lowest BCUT2D eigenvalue weighted by molar-refractivity contribution is -0.385. The number of anilines is 1. The van der Waals surface area contributed by atoms with Gasteiger partial charge in [-0.1, -0.05) is 18.2 Å². The van der Waals surface area contributed by atoms with E-state index in [1.807, 2.05) is 24.3 Å². The zero-order chi connectivity index (χ0) is 18.7. The molecule has 3 rings (SSSR count). The van der Waals surface area contributed by atoms with Crippen molar-refractivity contribution < 1.29 is 14.5 Å². The lowest BCUT2D eigenvalue weighted by Crippen LogP contribution is -2.34. The van der Waals surface area contributed by atoms with Gasteiger partial charge in [0.15, 0.2) is 0 Å². The molecule has 0 aliphatic carbocycles. The molecule has 136 valence electrons. The molecule has 1 heterocycles. The Hall–Kier alpha value is -3.09. The van der Waals surface area contributed by atoms with Crippen LogP contribution in [0.25, 0.3) is 0 Å². The Morgan fingerprint density at radius 1 is 1.27 bits per heavy atom. The van der Waals surface area contributed by atoms with Crippen molar-refractivity contribution in [2.75, 3.05) is 19.0 Å². The van der Waals surface area contributed by atoms with Crippen molar-refractivity contribution in [1.82, 2.24) is 4.90 Å². The van der Waals surface area contributed by atoms with E-state index < -0.39 is 4.92 Å². The van der Waals surface area contributed by atoms with E-state index in [1.165, 1.54) is 6.07 Å². The Kier molecular flexibility index (Phi) is 5.06. The molecule has 2 aromatic carbocycles. The minimum Gasteiger partial charge on any atom is -0.497 e. The van der Waals surface area contributed by atoms with Crippen molar-refractivity contribution in [2.45, 2.75) is 25.8 Å². The van der Waals surface area contributed by atoms with E-state index in [-0.39, 0.29) is 17.8 Å². The van der Waals surface area contributed by atoms with Gasteiger partial charge in [-0.15, -0.1) is 0 Å². The van der Waals surface area contributed by atoms with E-state index in [0.717, 1.165) is 24.2 Å². The number of amides is 2. The van der Waals surface area contributed by atoms with Gasteiger partial charge >= 0.3 is 6.03 Å². The minimum absolute atomic E-state index is 0.00377. The Morgan fingerprint density at radius 3 is 2.65 bits per heavy atom. The molecule has 7 nitrogen and oxygen atoms in total. The first-order chi connectivity index (χ1) is 12.5. The molecule has 0 aromatic heterocycles. The van der Waals surface area contributed by atoms with Crippen molar-refractivity contribution in [2.24, 2.45) is 0 Å². The Morgan fingerprint density at radius 2 is 2.00 bits per heavy atom. The Balaban J connectivity index is 1.78. The number of hydrogen-bond donors (Lipinski definition) is 1. The summed E-state index contributed by atoms with van der Waals surface area (Å²) in [5.41, 5.74) is 1.96. The zero-order valence-electron chi connectivity index (χ0n) is 14.8. The summed E-state index contributed by atoms with van der Waals surface area (Å²) in [4.78, 5) is 25.2. The van der Waals surface area contributed by atoms with Crippen molar-refractivity contribution in [3.63, 3.8) is 0 Å². The van der Waals surface area contributed by atoms with E-state index in [0.29, 0.717) is 17.8 Å². The van der Waals surface area contributed by atoms with Gasteiger partial charge in [0.1, 0.15) is 5.75 Å². The summed E-state index contributed by atoms with van der Waals surface area (Å²) in [7, 11) is 1.62. The number of methoxy groups -OCH3 is 1. The molecule has 26 heavy (non-hydrogen) atoms. The SMILES string of the molecule is COc1ccc([C@@H]2CCCN2C(=O)Nc2cccc([N+](=O)[O-])c2C)cc1. The van der Waals surface area contributed by atoms with E-state index >= 15 is 0 Å². The highest BCUT2D eigenvalue weighted by atomic mass is 16.6. The van der Waals surface area contributed by atoms with Crippen LogP contribution < -0.4 is 10.1 Å². The van der Waals surface area contributed by atoms with Crippen LogP contribution in [0.3, 0.4) is 0 Å². The molecule has 2 aromatic rings. The van der Waals surface area contributed by atoms with Gasteiger partial charge in [0.25, 0.3) is 5.69 Å². The van der Waals surface area contributed by atoms with E-state index in [1.54, 1.807) is 31.1 Å². The second-order valence-corrected chi connectivity index (χ2v) is 6.26. The van der Waals surface area contributed by atoms with Crippen LogP contribution in [0.15, 0.2) is 42.5 Å². The molecular formula is C19H21N3O4. The number of carbonyl (C=O) groups excluding carboxylic acids is 1. The quantitative estimate of drug-likeness (QED) is 0.655. The molecule has 1 saturated heterocycles. The van der Waals surface area contributed by atoms with Crippen LogP contribution in [0.1, 0.15) is 30.0 Å². The molecule has 1 N–H and O–H groups in total. The number of hydrogen-bond acceptors (Lipinski definition) is 4. The summed E-state index contributed by atoms with van der Waals surface area (Å²) in [6.45, 7) is 2.29. The number of benzene rings is 2. The molecule has 0 saturated carbocycles. The number of urea groups is 1. The van der Waals surface area contributed by atoms with Gasteiger partial charge in [-0.2, -0.15) is 0 Å². The first kappa shape index (κ1) is 17.7. The normalized spacial score (nSPS) is 16.4. The second-order valence-electron chi connectivity index (χ2n) is 6.26. The average molecular weight is 355 g/mol. The van der Waals surface area contributed by atoms with Crippen LogP contribution in [-0.4, -0.2) is 29.5 Å². The number of likely N-dealkylation sites (tertiary alicyclic amines) is 1. The molecule has 0 radical (unpaired) electrons. The number of nitro benzene ring substituents is 1. The van der Waals surface area contributed by atoms with Crippen molar-refractivity contribution in [3.05, 3.63) is 63.7 Å². The van der Waals surface area contributed by atoms with Crippen molar-refractivity contribution in [1.29, 1.82) is 0 Å². The van der Waals surface area contributed by atoms with Crippen molar-refractivity contribution >= 4 is 17.4 Å². The minimum atomic E-state index is -0.443. The summed E-state index contributed by atoms with van der Waals surface area (Å²) in [6.07, 6.45) is 1.80. The van der Waals surface area contributed by atoms with E-state index in [2.05, 4.69) is 5.32 Å². The highest BCUT2D eigenvalue weighted by molar-refractivity contribution is 5.91. The smallest absolute Gasteiger partial charge is 0.322 e. The third-order valence-electron chi connectivity index (χ3n) is 4.76. The third kappa shape index (κ3) is 3.46. The van der Waals surface area contributed by atoms with Crippen LogP contribution in [-0.2, 0) is 0 Å². The number of carbonyl (C=O) groups is 1. The predicted molar refractivity (Wildman–Crippen MR) is 98.5 cm³/mol. The fourth-order valence-corrected chi connectivity index (χ4v) is 3.33. The Labute approximate surface area is 151 Å². The van der Waals surface area contributed by atoms with Crippen LogP contribution in [0.2, 0.25) is 0 Å². The first-order valence-corrected chi connectivity index (χ1v) is 8.47. The summed E-state index contributed by atoms with van der Waals surface area (Å²) < 4.78 is 5.18. The first-order valence-electron chi connectivity index (χ1n) is 8.47. The molecule has 0 bridgehead atoms. The molecule has 1 aliphatic heterocycles. The molecule has 7 heteroatoms. The van der Waals surface area contributed by atoms with Gasteiger partial charge in [-0.3, -0.25) is 10.1 Å². The second kappa shape index (κ2) is 7.43. The molecule has 0 unspecified atom stereocenters. The molecule has 1 aliphatic rings. The lowest BCUT2D eigenvalue weighted by atomic mass is 10.0. The van der Waals surface area contributed by atoms with Gasteiger partial charge in [-0.05, 0) is 43.5 Å². The topological polar surface area (TPSA) is 84.7 Å². The van der Waals surface area contributed by atoms with Gasteiger partial charge in [0.2, 0.25) is 0 Å². The largest absolute Gasteiger partial charge is 0.497 e. The zero-order valence-corrected chi connectivity index (χ0v) is 14.8. The maximum Gasteiger partial charge on any atom is 0.322 e. The molecule has 1 atom stereocenters. The monoisotopic (exact) mass is 355 g/mol. The number of nitrogens with zero attached hydrogens (tertiary/aromatic N) is 2. The fourth-order valence-electron chi connectivity index (χ4n) is 3.33. The maximum atomic E-state index is 12.8. The lowest BCUT2D eigenvalue weighted by Gasteiger charge is -2.26. The third-order valence-corrected chi connectivity index (χ3v) is 4.76. The van der Waals surface area contributed by atoms with Crippen LogP contribution in [0, 0.1) is 17.0 Å². The van der Waals surface area contributed by atoms with Crippen molar-refractivity contribution in [3.8, 4) is 5.75 Å². The summed E-state index contributed by atoms with van der Waals surface area (Å²) in [6, 6.07) is 12.1. The molecule has 1 fully saturated rings. The van der Waals surface area contributed by atoms with Gasteiger partial charge < -0.3 is 15.0 Å². The van der Waals surface area contributed by atoms with Gasteiger partial charge in [0.05, 0.1) is 29.3 Å². The van der Waals surface area contributed by atoms with Crippen LogP contribution in [0.4, 0.5) is 16.2 Å². The highest BCUT2D eigenvalue weighted by Crippen LogP contribution is 2.34. The number of nitro groups is 1. The predicted octanol–water partition coefficient (Wildman–Crippen LogP) is 4.28. The standard InChI is InChI=1S/C19H21N3O4/c1-13-16(5-3-6-17(13)22(24)25)20-19(23)21-12-4-7-18(21)14-8-10-15(26-2)11-9-14/h3,5-6,8-11,18H,4,7,12H2,1-2H3,(H,20,23)/t18-/m0/s1. The summed E-state index contributed by atoms with van der Waals surface area (Å²) in [5, 5.41) is 13.9.